The van der Waals surface area contributed by atoms with Gasteiger partial charge in [-0.1, -0.05) is 103 Å². The van der Waals surface area contributed by atoms with Crippen molar-refractivity contribution in [2.24, 2.45) is 20.0 Å². The Morgan fingerprint density at radius 1 is 0.353 bits per heavy atom. The molecule has 0 saturated heterocycles. The SMILES string of the molecule is O=C(O)c1ccc(C2=C3C=CC(=N3)C(c3ccccc3)=C3C=CC(=N3)C(c3ccccc3)=C3C=CC(=N3)C(c3ccccc3)=C3C=CC2=N3)cc1. The molecule has 6 heteroatoms. The van der Waals surface area contributed by atoms with Crippen LogP contribution >= 0.6 is 0 Å². The Labute approximate surface area is 294 Å². The molecule has 0 radical (unpaired) electrons. The van der Waals surface area contributed by atoms with Crippen molar-refractivity contribution in [1.82, 2.24) is 0 Å². The summed E-state index contributed by atoms with van der Waals surface area (Å²) < 4.78 is 0. The molecule has 4 aromatic rings. The van der Waals surface area contributed by atoms with Crippen LogP contribution in [0.25, 0.3) is 22.3 Å². The van der Waals surface area contributed by atoms with Crippen LogP contribution in [-0.2, 0) is 0 Å². The number of carboxylic acid groups (broad SMARTS) is 1. The minimum Gasteiger partial charge on any atom is -0.478 e. The first-order chi connectivity index (χ1) is 25.1. The third-order valence-corrected chi connectivity index (χ3v) is 9.22. The largest absolute Gasteiger partial charge is 0.478 e. The topological polar surface area (TPSA) is 86.7 Å². The van der Waals surface area contributed by atoms with E-state index in [0.717, 1.165) is 90.2 Å². The lowest BCUT2D eigenvalue weighted by molar-refractivity contribution is 0.0697. The fourth-order valence-electron chi connectivity index (χ4n) is 6.86. The van der Waals surface area contributed by atoms with Crippen LogP contribution in [0.2, 0.25) is 0 Å². The molecule has 51 heavy (non-hydrogen) atoms. The summed E-state index contributed by atoms with van der Waals surface area (Å²) in [6.45, 7) is 0. The van der Waals surface area contributed by atoms with E-state index in [9.17, 15) is 9.90 Å². The quantitative estimate of drug-likeness (QED) is 0.232. The van der Waals surface area contributed by atoms with Gasteiger partial charge in [0.25, 0.3) is 0 Å². The predicted octanol–water partition coefficient (Wildman–Crippen LogP) is 9.39. The monoisotopic (exact) mass is 656 g/mol. The van der Waals surface area contributed by atoms with Gasteiger partial charge in [0.05, 0.1) is 51.2 Å². The highest BCUT2D eigenvalue weighted by molar-refractivity contribution is 6.39. The van der Waals surface area contributed by atoms with Gasteiger partial charge < -0.3 is 5.11 Å². The number of carboxylic acids is 1. The van der Waals surface area contributed by atoms with Gasteiger partial charge in [-0.15, -0.1) is 0 Å². The zero-order valence-corrected chi connectivity index (χ0v) is 27.2. The molecular weight excluding hydrogens is 629 g/mol. The van der Waals surface area contributed by atoms with Crippen molar-refractivity contribution in [2.75, 3.05) is 0 Å². The highest BCUT2D eigenvalue weighted by Crippen LogP contribution is 2.38. The van der Waals surface area contributed by atoms with Gasteiger partial charge in [0.1, 0.15) is 0 Å². The van der Waals surface area contributed by atoms with Gasteiger partial charge in [-0.25, -0.2) is 24.8 Å². The molecule has 6 nitrogen and oxygen atoms in total. The van der Waals surface area contributed by atoms with Gasteiger partial charge in [-0.2, -0.15) is 0 Å². The Morgan fingerprint density at radius 2 is 0.627 bits per heavy atom. The lowest BCUT2D eigenvalue weighted by Gasteiger charge is -2.12. The van der Waals surface area contributed by atoms with E-state index >= 15 is 0 Å². The molecule has 0 fully saturated rings. The number of carbonyl (C=O) groups is 1. The summed E-state index contributed by atoms with van der Waals surface area (Å²) in [7, 11) is 0. The maximum atomic E-state index is 11.8. The number of rotatable bonds is 5. The molecule has 4 aromatic carbocycles. The molecule has 0 saturated carbocycles. The average molecular weight is 657 g/mol. The molecule has 5 aliphatic heterocycles. The molecule has 9 rings (SSSR count). The summed E-state index contributed by atoms with van der Waals surface area (Å²) in [4.78, 5) is 32.8. The molecule has 0 amide bonds. The van der Waals surface area contributed by atoms with E-state index in [4.69, 9.17) is 20.0 Å². The van der Waals surface area contributed by atoms with Crippen LogP contribution in [0.4, 0.5) is 0 Å². The van der Waals surface area contributed by atoms with Gasteiger partial charge in [0, 0.05) is 22.3 Å². The molecule has 5 aliphatic rings. The normalized spacial score (nSPS) is 17.4. The Morgan fingerprint density at radius 3 is 0.902 bits per heavy atom. The summed E-state index contributed by atoms with van der Waals surface area (Å²) in [5.74, 6) is -0.980. The fourth-order valence-corrected chi connectivity index (χ4v) is 6.86. The first-order valence-electron chi connectivity index (χ1n) is 16.7. The van der Waals surface area contributed by atoms with Gasteiger partial charge in [0.15, 0.2) is 0 Å². The van der Waals surface area contributed by atoms with Crippen LogP contribution < -0.4 is 0 Å². The van der Waals surface area contributed by atoms with E-state index < -0.39 is 5.97 Å². The lowest BCUT2D eigenvalue weighted by Crippen LogP contribution is -2.04. The predicted molar refractivity (Wildman–Crippen MR) is 207 cm³/mol. The first kappa shape index (κ1) is 30.0. The highest BCUT2D eigenvalue weighted by Gasteiger charge is 2.27. The highest BCUT2D eigenvalue weighted by atomic mass is 16.4. The van der Waals surface area contributed by atoms with Crippen LogP contribution in [0.3, 0.4) is 0 Å². The van der Waals surface area contributed by atoms with E-state index in [1.807, 2.05) is 91.0 Å². The van der Waals surface area contributed by atoms with Crippen LogP contribution in [0.1, 0.15) is 32.6 Å². The average Bonchev–Trinajstić information content (AvgIpc) is 4.01. The van der Waals surface area contributed by atoms with E-state index in [-0.39, 0.29) is 5.56 Å². The van der Waals surface area contributed by atoms with Crippen molar-refractivity contribution in [3.05, 3.63) is 214 Å². The Kier molecular flexibility index (Phi) is 7.33. The van der Waals surface area contributed by atoms with Crippen molar-refractivity contribution in [3.63, 3.8) is 0 Å². The number of hydrogen-bond donors (Lipinski definition) is 1. The zero-order valence-electron chi connectivity index (χ0n) is 27.2. The fraction of sp³-hybridized carbons (Fsp3) is 0. The minimum atomic E-state index is -0.980. The Hall–Kier alpha value is -7.05. The molecule has 0 aromatic heterocycles. The van der Waals surface area contributed by atoms with Gasteiger partial charge in [-0.05, 0) is 83.0 Å². The van der Waals surface area contributed by atoms with Crippen molar-refractivity contribution in [3.8, 4) is 0 Å². The van der Waals surface area contributed by atoms with Crippen LogP contribution in [0, 0.1) is 0 Å². The molecule has 0 atom stereocenters. The number of aliphatic imine (C=N–C) groups is 4. The molecule has 240 valence electrons. The number of allylic oxidation sites excluding steroid dienone is 12. The molecule has 0 unspecified atom stereocenters. The maximum absolute atomic E-state index is 11.8. The summed E-state index contributed by atoms with van der Waals surface area (Å²) in [6.07, 6.45) is 16.3. The summed E-state index contributed by atoms with van der Waals surface area (Å²) in [5, 5.41) is 9.63. The number of hydrogen-bond acceptors (Lipinski definition) is 5. The Balaban J connectivity index is 1.36. The summed E-state index contributed by atoms with van der Waals surface area (Å²) in [5.41, 5.74) is 13.8. The summed E-state index contributed by atoms with van der Waals surface area (Å²) in [6, 6.07) is 37.5. The maximum Gasteiger partial charge on any atom is 0.335 e. The van der Waals surface area contributed by atoms with Crippen molar-refractivity contribution in [1.29, 1.82) is 0 Å². The van der Waals surface area contributed by atoms with Gasteiger partial charge >= 0.3 is 5.97 Å². The van der Waals surface area contributed by atoms with Crippen LogP contribution in [-0.4, -0.2) is 33.9 Å². The first-order valence-corrected chi connectivity index (χ1v) is 16.7. The van der Waals surface area contributed by atoms with Gasteiger partial charge in [0.2, 0.25) is 0 Å². The molecule has 0 spiro atoms. The smallest absolute Gasteiger partial charge is 0.335 e. The molecule has 1 N–H and O–H groups in total. The van der Waals surface area contributed by atoms with E-state index in [1.54, 1.807) is 12.1 Å². The van der Waals surface area contributed by atoms with Crippen LogP contribution in [0.15, 0.2) is 207 Å². The third kappa shape index (κ3) is 5.45. The second-order valence-corrected chi connectivity index (χ2v) is 12.3. The number of benzene rings is 4. The van der Waals surface area contributed by atoms with E-state index in [0.29, 0.717) is 0 Å². The van der Waals surface area contributed by atoms with E-state index in [1.165, 1.54) is 0 Å². The Bertz CT molecular complexity index is 2500. The number of fused-ring (bicyclic) bond motifs is 4. The summed E-state index contributed by atoms with van der Waals surface area (Å²) >= 11 is 0. The standard InChI is InChI=1S/C45H28N4O2/c50-45(51)32-18-16-31(17-19-32)44-39-26-24-37(48-39)42(29-12-6-2-7-13-29)35-22-20-33(46-35)41(28-10-4-1-5-11-28)34-21-23-36(47-34)43(30-14-8-3-9-15-30)38-25-27-40(44)49-38/h1-27H,(H,50,51). The molecule has 5 heterocycles. The zero-order chi connectivity index (χ0) is 34.3. The third-order valence-electron chi connectivity index (χ3n) is 9.22. The van der Waals surface area contributed by atoms with Gasteiger partial charge in [-0.3, -0.25) is 0 Å². The lowest BCUT2D eigenvalue weighted by atomic mass is 9.97. The molecular formula is C45H28N4O2. The molecule has 0 aliphatic carbocycles. The van der Waals surface area contributed by atoms with E-state index in [2.05, 4.69) is 60.7 Å². The van der Waals surface area contributed by atoms with Crippen molar-refractivity contribution >= 4 is 51.1 Å². The molecule has 8 bridgehead atoms. The number of aromatic carboxylic acids is 1. The number of nitrogens with zero attached hydrogens (tertiary/aromatic N) is 4. The van der Waals surface area contributed by atoms with Crippen molar-refractivity contribution in [2.45, 2.75) is 0 Å². The second-order valence-electron chi connectivity index (χ2n) is 12.3. The van der Waals surface area contributed by atoms with Crippen molar-refractivity contribution < 1.29 is 9.90 Å². The van der Waals surface area contributed by atoms with Crippen LogP contribution in [0.5, 0.6) is 0 Å². The second kappa shape index (κ2) is 12.4. The minimum absolute atomic E-state index is 0.210.